The lowest BCUT2D eigenvalue weighted by atomic mass is 9.91. The Labute approximate surface area is 178 Å². The van der Waals surface area contributed by atoms with Crippen molar-refractivity contribution < 1.29 is 19.1 Å². The Bertz CT molecular complexity index is 687. The number of nitrogens with zero attached hydrogens (tertiary/aromatic N) is 3. The molecule has 0 radical (unpaired) electrons. The van der Waals surface area contributed by atoms with Gasteiger partial charge in [0.05, 0.1) is 0 Å². The van der Waals surface area contributed by atoms with Crippen LogP contribution in [-0.2, 0) is 9.59 Å². The molecule has 30 heavy (non-hydrogen) atoms. The first-order valence-electron chi connectivity index (χ1n) is 11.3. The van der Waals surface area contributed by atoms with Gasteiger partial charge < -0.3 is 14.9 Å². The van der Waals surface area contributed by atoms with Crippen LogP contribution in [0.3, 0.4) is 0 Å². The summed E-state index contributed by atoms with van der Waals surface area (Å²) >= 11 is 0. The van der Waals surface area contributed by atoms with Crippen molar-refractivity contribution in [1.82, 2.24) is 14.7 Å². The number of benzene rings is 1. The van der Waals surface area contributed by atoms with E-state index in [4.69, 9.17) is 5.11 Å². The highest BCUT2D eigenvalue weighted by molar-refractivity contribution is 5.88. The minimum atomic E-state index is -0.331. The summed E-state index contributed by atoms with van der Waals surface area (Å²) in [5.41, 5.74) is 0. The molecule has 3 fully saturated rings. The van der Waals surface area contributed by atoms with E-state index < -0.39 is 0 Å². The van der Waals surface area contributed by atoms with Crippen molar-refractivity contribution in [3.63, 3.8) is 0 Å². The molecule has 1 aromatic rings. The van der Waals surface area contributed by atoms with E-state index in [-0.39, 0.29) is 29.4 Å². The van der Waals surface area contributed by atoms with E-state index >= 15 is 0 Å². The molecular weight excluding hydrogens is 385 g/mol. The van der Waals surface area contributed by atoms with Crippen LogP contribution in [0.1, 0.15) is 51.9 Å². The minimum absolute atomic E-state index is 0.0893. The van der Waals surface area contributed by atoms with Crippen LogP contribution >= 0.6 is 0 Å². The zero-order chi connectivity index (χ0) is 21.5. The Morgan fingerprint density at radius 3 is 2.30 bits per heavy atom. The summed E-state index contributed by atoms with van der Waals surface area (Å²) < 4.78 is 12.0. The van der Waals surface area contributed by atoms with E-state index in [9.17, 15) is 14.0 Å². The number of carbonyl (C=O) groups is 2. The molecule has 1 N–H and O–H groups in total. The third-order valence-electron chi connectivity index (χ3n) is 6.42. The monoisotopic (exact) mass is 419 g/mol. The Morgan fingerprint density at radius 2 is 1.70 bits per heavy atom. The third-order valence-corrected chi connectivity index (χ3v) is 6.42. The number of carbonyl (C=O) groups excluding carboxylic acids is 2. The summed E-state index contributed by atoms with van der Waals surface area (Å²) in [5.74, 6) is 0.0747. The van der Waals surface area contributed by atoms with Crippen molar-refractivity contribution >= 4 is 11.8 Å². The number of hydrogen-bond acceptors (Lipinski definition) is 4. The molecular formula is C23H34FN3O3. The lowest BCUT2D eigenvalue weighted by molar-refractivity contribution is -0.143. The van der Waals surface area contributed by atoms with Crippen molar-refractivity contribution in [1.29, 1.82) is 0 Å². The minimum Gasteiger partial charge on any atom is -0.508 e. The quantitative estimate of drug-likeness (QED) is 0.818. The zero-order valence-electron chi connectivity index (χ0n) is 17.9. The smallest absolute Gasteiger partial charge is 0.245 e. The predicted octanol–water partition coefficient (Wildman–Crippen LogP) is 3.01. The molecule has 4 rings (SSSR count). The van der Waals surface area contributed by atoms with Crippen LogP contribution in [0.5, 0.6) is 5.75 Å². The van der Waals surface area contributed by atoms with Gasteiger partial charge in [0.1, 0.15) is 17.6 Å². The number of rotatable bonds is 3. The average Bonchev–Trinajstić information content (AvgIpc) is 3.08. The molecule has 2 heterocycles. The maximum atomic E-state index is 12.9. The molecule has 6 nitrogen and oxygen atoms in total. The average molecular weight is 420 g/mol. The van der Waals surface area contributed by atoms with E-state index in [1.54, 1.807) is 0 Å². The molecule has 1 atom stereocenters. The van der Waals surface area contributed by atoms with E-state index in [2.05, 4.69) is 4.90 Å². The van der Waals surface area contributed by atoms with E-state index in [1.807, 2.05) is 16.7 Å². The molecule has 0 aromatic heterocycles. The highest BCUT2D eigenvalue weighted by Crippen LogP contribution is 2.26. The number of aromatic hydroxyl groups is 1. The molecule has 7 heteroatoms. The van der Waals surface area contributed by atoms with Crippen LogP contribution in [-0.4, -0.2) is 76.4 Å². The molecule has 0 spiro atoms. The Kier molecular flexibility index (Phi) is 8.08. The maximum Gasteiger partial charge on any atom is 0.245 e. The second kappa shape index (κ2) is 10.8. The molecule has 0 unspecified atom stereocenters. The molecule has 2 aliphatic heterocycles. The summed E-state index contributed by atoms with van der Waals surface area (Å²) in [6.45, 7) is 6.45. The Morgan fingerprint density at radius 1 is 0.967 bits per heavy atom. The normalized spacial score (nSPS) is 22.7. The summed E-state index contributed by atoms with van der Waals surface area (Å²) in [6, 6.07) is 5.58. The van der Waals surface area contributed by atoms with Crippen molar-refractivity contribution in [3.05, 3.63) is 30.1 Å². The second-order valence-electron chi connectivity index (χ2n) is 8.37. The number of amides is 2. The van der Waals surface area contributed by atoms with Gasteiger partial charge in [-0.25, -0.2) is 4.39 Å². The maximum absolute atomic E-state index is 12.9. The molecule has 3 aliphatic rings. The highest BCUT2D eigenvalue weighted by Gasteiger charge is 2.36. The predicted molar refractivity (Wildman–Crippen MR) is 113 cm³/mol. The van der Waals surface area contributed by atoms with Crippen molar-refractivity contribution in [2.45, 2.75) is 64.0 Å². The van der Waals surface area contributed by atoms with E-state index in [0.717, 1.165) is 58.0 Å². The fourth-order valence-corrected chi connectivity index (χ4v) is 4.45. The number of phenols is 1. The fraction of sp³-hybridized carbons (Fsp3) is 0.652. The second-order valence-corrected chi connectivity index (χ2v) is 8.37. The number of phenolic OH excluding ortho intramolecular Hbond substituents is 1. The summed E-state index contributed by atoms with van der Waals surface area (Å²) in [5, 5.41) is 8.59. The van der Waals surface area contributed by atoms with Gasteiger partial charge in [0.2, 0.25) is 11.8 Å². The molecule has 0 bridgehead atoms. The van der Waals surface area contributed by atoms with Crippen LogP contribution in [0.25, 0.3) is 0 Å². The zero-order valence-corrected chi connectivity index (χ0v) is 17.9. The van der Waals surface area contributed by atoms with E-state index in [1.165, 1.54) is 43.5 Å². The lowest BCUT2D eigenvalue weighted by Crippen LogP contribution is -2.49. The van der Waals surface area contributed by atoms with Gasteiger partial charge in [-0.3, -0.25) is 14.5 Å². The van der Waals surface area contributed by atoms with Crippen molar-refractivity contribution in [2.24, 2.45) is 0 Å². The fourth-order valence-electron chi connectivity index (χ4n) is 4.45. The Hall–Kier alpha value is -2.15. The van der Waals surface area contributed by atoms with Gasteiger partial charge in [-0.1, -0.05) is 13.3 Å². The van der Waals surface area contributed by atoms with Gasteiger partial charge in [0.25, 0.3) is 0 Å². The summed E-state index contributed by atoms with van der Waals surface area (Å²) in [7, 11) is 0. The summed E-state index contributed by atoms with van der Waals surface area (Å²) in [6.07, 6.45) is 7.39. The van der Waals surface area contributed by atoms with Gasteiger partial charge in [-0.05, 0) is 56.4 Å². The highest BCUT2D eigenvalue weighted by atomic mass is 19.1. The molecule has 1 aromatic carbocycles. The molecule has 166 valence electrons. The third kappa shape index (κ3) is 5.72. The Balaban J connectivity index is 0.000000269. The van der Waals surface area contributed by atoms with Crippen LogP contribution in [0.2, 0.25) is 0 Å². The standard InChI is InChI=1S/C17H29N3O2.C6H5FO/c1-2-16(21)20-11-4-8-15(20)17(22)19-10-5-9-18(12-13-19)14-6-3-7-14;7-5-1-3-6(8)4-2-5/h14-15H,2-13H2,1H3;1-4,8H/t15-;/m0./s1. The first-order valence-corrected chi connectivity index (χ1v) is 11.3. The SMILES string of the molecule is CCC(=O)N1CCC[C@H]1C(=O)N1CCCN(C2CCC2)CC1.Oc1ccc(F)cc1. The number of likely N-dealkylation sites (tertiary alicyclic amines) is 1. The first kappa shape index (κ1) is 22.5. The van der Waals surface area contributed by atoms with Crippen LogP contribution in [0, 0.1) is 5.82 Å². The van der Waals surface area contributed by atoms with Crippen molar-refractivity contribution in [2.75, 3.05) is 32.7 Å². The lowest BCUT2D eigenvalue weighted by Gasteiger charge is -2.37. The van der Waals surface area contributed by atoms with Crippen LogP contribution in [0.15, 0.2) is 24.3 Å². The number of hydrogen-bond donors (Lipinski definition) is 1. The molecule has 2 amide bonds. The van der Waals surface area contributed by atoms with Gasteiger partial charge in [0.15, 0.2) is 0 Å². The van der Waals surface area contributed by atoms with Gasteiger partial charge in [-0.15, -0.1) is 0 Å². The van der Waals surface area contributed by atoms with Crippen LogP contribution < -0.4 is 0 Å². The summed E-state index contributed by atoms with van der Waals surface area (Å²) in [4.78, 5) is 31.3. The van der Waals surface area contributed by atoms with E-state index in [0.29, 0.717) is 6.42 Å². The molecule has 1 saturated carbocycles. The van der Waals surface area contributed by atoms with Gasteiger partial charge in [0, 0.05) is 45.2 Å². The molecule has 1 aliphatic carbocycles. The van der Waals surface area contributed by atoms with Crippen LogP contribution in [0.4, 0.5) is 4.39 Å². The van der Waals surface area contributed by atoms with Gasteiger partial charge in [-0.2, -0.15) is 0 Å². The first-order chi connectivity index (χ1) is 14.5. The molecule has 2 saturated heterocycles. The van der Waals surface area contributed by atoms with Gasteiger partial charge >= 0.3 is 0 Å². The van der Waals surface area contributed by atoms with Crippen molar-refractivity contribution in [3.8, 4) is 5.75 Å². The topological polar surface area (TPSA) is 64.1 Å². The number of halogens is 1. The largest absolute Gasteiger partial charge is 0.508 e.